The van der Waals surface area contributed by atoms with Crippen LogP contribution in [0.2, 0.25) is 5.02 Å². The molecular formula is C12H18ClNO2S. The third kappa shape index (κ3) is 3.98. The van der Waals surface area contributed by atoms with Crippen LogP contribution in [-0.4, -0.2) is 27.5 Å². The van der Waals surface area contributed by atoms with Crippen LogP contribution in [0.5, 0.6) is 0 Å². The van der Waals surface area contributed by atoms with Crippen LogP contribution < -0.4 is 5.32 Å². The number of benzene rings is 1. The molecule has 0 radical (unpaired) electrons. The van der Waals surface area contributed by atoms with Crippen molar-refractivity contribution >= 4 is 21.4 Å². The van der Waals surface area contributed by atoms with E-state index in [2.05, 4.69) is 5.32 Å². The van der Waals surface area contributed by atoms with Gasteiger partial charge in [-0.2, -0.15) is 0 Å². The van der Waals surface area contributed by atoms with Crippen LogP contribution in [0.1, 0.15) is 22.7 Å². The van der Waals surface area contributed by atoms with E-state index in [1.54, 1.807) is 7.05 Å². The minimum atomic E-state index is -3.02. The third-order valence-corrected chi connectivity index (χ3v) is 4.09. The Kier molecular flexibility index (Phi) is 4.58. The molecule has 5 heteroatoms. The lowest BCUT2D eigenvalue weighted by molar-refractivity contribution is 0.578. The summed E-state index contributed by atoms with van der Waals surface area (Å²) in [7, 11) is -1.26. The Morgan fingerprint density at radius 2 is 1.88 bits per heavy atom. The van der Waals surface area contributed by atoms with Crippen molar-refractivity contribution in [3.8, 4) is 0 Å². The van der Waals surface area contributed by atoms with Gasteiger partial charge in [-0.3, -0.25) is 0 Å². The summed E-state index contributed by atoms with van der Waals surface area (Å²) >= 11 is 6.03. The summed E-state index contributed by atoms with van der Waals surface area (Å²) in [6.07, 6.45) is 1.25. The highest BCUT2D eigenvalue weighted by molar-refractivity contribution is 7.90. The summed E-state index contributed by atoms with van der Waals surface area (Å²) in [5, 5.41) is 3.75. The van der Waals surface area contributed by atoms with Crippen LogP contribution in [0.3, 0.4) is 0 Å². The monoisotopic (exact) mass is 275 g/mol. The van der Waals surface area contributed by atoms with Crippen molar-refractivity contribution in [2.75, 3.05) is 19.1 Å². The Bertz CT molecular complexity index is 511. The Morgan fingerprint density at radius 3 is 2.35 bits per heavy atom. The molecule has 0 saturated heterocycles. The van der Waals surface area contributed by atoms with E-state index in [1.807, 2.05) is 26.0 Å². The Balaban J connectivity index is 3.17. The minimum Gasteiger partial charge on any atom is -0.312 e. The average Bonchev–Trinajstić information content (AvgIpc) is 2.19. The van der Waals surface area contributed by atoms with Crippen molar-refractivity contribution < 1.29 is 8.42 Å². The smallest absolute Gasteiger partial charge is 0.149 e. The Morgan fingerprint density at radius 1 is 1.29 bits per heavy atom. The predicted molar refractivity (Wildman–Crippen MR) is 72.4 cm³/mol. The molecule has 0 amide bonds. The maximum absolute atomic E-state index is 11.4. The molecule has 1 rings (SSSR count). The highest BCUT2D eigenvalue weighted by Crippen LogP contribution is 2.25. The molecule has 0 aliphatic carbocycles. The lowest BCUT2D eigenvalue weighted by Gasteiger charge is -2.19. The fourth-order valence-corrected chi connectivity index (χ4v) is 2.98. The summed E-state index contributed by atoms with van der Waals surface area (Å²) < 4.78 is 22.7. The predicted octanol–water partition coefficient (Wildman–Crippen LogP) is 2.26. The van der Waals surface area contributed by atoms with Gasteiger partial charge in [0.2, 0.25) is 0 Å². The number of rotatable bonds is 4. The number of halogens is 1. The first-order valence-corrected chi connectivity index (χ1v) is 7.80. The Labute approximate surface area is 108 Å². The van der Waals surface area contributed by atoms with Crippen molar-refractivity contribution in [2.45, 2.75) is 19.9 Å². The van der Waals surface area contributed by atoms with Gasteiger partial charge in [-0.05, 0) is 43.7 Å². The average molecular weight is 276 g/mol. The normalized spacial score (nSPS) is 13.7. The highest BCUT2D eigenvalue weighted by atomic mass is 35.5. The zero-order chi connectivity index (χ0) is 13.2. The molecule has 0 aliphatic heterocycles. The van der Waals surface area contributed by atoms with Gasteiger partial charge in [0, 0.05) is 17.3 Å². The molecule has 96 valence electrons. The van der Waals surface area contributed by atoms with Gasteiger partial charge in [-0.15, -0.1) is 0 Å². The number of hydrogen-bond donors (Lipinski definition) is 1. The lowest BCUT2D eigenvalue weighted by Crippen LogP contribution is -2.25. The van der Waals surface area contributed by atoms with Gasteiger partial charge in [-0.25, -0.2) is 8.42 Å². The second-order valence-corrected chi connectivity index (χ2v) is 6.98. The first-order chi connectivity index (χ1) is 7.74. The first-order valence-electron chi connectivity index (χ1n) is 5.36. The van der Waals surface area contributed by atoms with Crippen LogP contribution in [0, 0.1) is 13.8 Å². The van der Waals surface area contributed by atoms with Crippen LogP contribution in [0.4, 0.5) is 0 Å². The molecule has 0 heterocycles. The zero-order valence-electron chi connectivity index (χ0n) is 10.5. The van der Waals surface area contributed by atoms with Gasteiger partial charge in [0.05, 0.1) is 5.75 Å². The van der Waals surface area contributed by atoms with Gasteiger partial charge in [-0.1, -0.05) is 17.7 Å². The molecule has 1 N–H and O–H groups in total. The minimum absolute atomic E-state index is 0.0887. The number of nitrogens with one attached hydrogen (secondary N) is 1. The molecule has 0 bridgehead atoms. The summed E-state index contributed by atoms with van der Waals surface area (Å²) in [5.41, 5.74) is 2.95. The van der Waals surface area contributed by atoms with E-state index in [0.29, 0.717) is 5.02 Å². The molecule has 1 aromatic rings. The lowest BCUT2D eigenvalue weighted by atomic mass is 10.00. The molecule has 17 heavy (non-hydrogen) atoms. The molecule has 1 atom stereocenters. The molecule has 0 saturated carbocycles. The van der Waals surface area contributed by atoms with Crippen LogP contribution in [-0.2, 0) is 9.84 Å². The molecule has 0 aliphatic rings. The second kappa shape index (κ2) is 5.38. The molecule has 0 fully saturated rings. The van der Waals surface area contributed by atoms with Gasteiger partial charge < -0.3 is 5.32 Å². The van der Waals surface area contributed by atoms with Crippen molar-refractivity contribution in [3.63, 3.8) is 0 Å². The highest BCUT2D eigenvalue weighted by Gasteiger charge is 2.18. The topological polar surface area (TPSA) is 46.2 Å². The molecule has 3 nitrogen and oxygen atoms in total. The standard InChI is InChI=1S/C12H18ClNO2S/c1-8-6-11(13)9(2)5-10(8)12(14-3)7-17(4,15)16/h5-6,12,14H,7H2,1-4H3. The van der Waals surface area contributed by atoms with Gasteiger partial charge >= 0.3 is 0 Å². The summed E-state index contributed by atoms with van der Waals surface area (Å²) in [4.78, 5) is 0. The number of aryl methyl sites for hydroxylation is 2. The fraction of sp³-hybridized carbons (Fsp3) is 0.500. The van der Waals surface area contributed by atoms with Crippen molar-refractivity contribution in [1.29, 1.82) is 0 Å². The first kappa shape index (κ1) is 14.5. The summed E-state index contributed by atoms with van der Waals surface area (Å²) in [6, 6.07) is 3.63. The van der Waals surface area contributed by atoms with Gasteiger partial charge in [0.15, 0.2) is 0 Å². The van der Waals surface area contributed by atoms with Crippen LogP contribution >= 0.6 is 11.6 Å². The van der Waals surface area contributed by atoms with Gasteiger partial charge in [0.1, 0.15) is 9.84 Å². The van der Waals surface area contributed by atoms with Crippen molar-refractivity contribution in [3.05, 3.63) is 33.8 Å². The second-order valence-electron chi connectivity index (χ2n) is 4.39. The molecule has 1 aromatic carbocycles. The van der Waals surface area contributed by atoms with E-state index in [0.717, 1.165) is 16.7 Å². The SMILES string of the molecule is CNC(CS(C)(=O)=O)c1cc(C)c(Cl)cc1C. The molecule has 0 aromatic heterocycles. The fourth-order valence-electron chi connectivity index (χ4n) is 1.81. The van der Waals surface area contributed by atoms with Crippen LogP contribution in [0.25, 0.3) is 0 Å². The number of hydrogen-bond acceptors (Lipinski definition) is 3. The summed E-state index contributed by atoms with van der Waals surface area (Å²) in [6.45, 7) is 3.85. The van der Waals surface area contributed by atoms with E-state index in [-0.39, 0.29) is 11.8 Å². The van der Waals surface area contributed by atoms with E-state index in [1.165, 1.54) is 6.26 Å². The van der Waals surface area contributed by atoms with Crippen LogP contribution in [0.15, 0.2) is 12.1 Å². The third-order valence-electron chi connectivity index (χ3n) is 2.74. The summed E-state index contributed by atoms with van der Waals surface area (Å²) in [5.74, 6) is 0.0887. The van der Waals surface area contributed by atoms with E-state index >= 15 is 0 Å². The zero-order valence-corrected chi connectivity index (χ0v) is 12.1. The molecule has 1 unspecified atom stereocenters. The van der Waals surface area contributed by atoms with Crippen molar-refractivity contribution in [1.82, 2.24) is 5.32 Å². The van der Waals surface area contributed by atoms with Gasteiger partial charge in [0.25, 0.3) is 0 Å². The largest absolute Gasteiger partial charge is 0.312 e. The Hall–Kier alpha value is -0.580. The van der Waals surface area contributed by atoms with E-state index in [4.69, 9.17) is 11.6 Å². The molecule has 0 spiro atoms. The quantitative estimate of drug-likeness (QED) is 0.917. The maximum Gasteiger partial charge on any atom is 0.149 e. The van der Waals surface area contributed by atoms with Crippen molar-refractivity contribution in [2.24, 2.45) is 0 Å². The molecular weight excluding hydrogens is 258 g/mol. The number of sulfone groups is 1. The van der Waals surface area contributed by atoms with E-state index in [9.17, 15) is 8.42 Å². The maximum atomic E-state index is 11.4. The van der Waals surface area contributed by atoms with E-state index < -0.39 is 9.84 Å².